The van der Waals surface area contributed by atoms with Gasteiger partial charge in [0.25, 0.3) is 0 Å². The van der Waals surface area contributed by atoms with Crippen molar-refractivity contribution in [2.45, 2.75) is 12.5 Å². The summed E-state index contributed by atoms with van der Waals surface area (Å²) in [5, 5.41) is 19.0. The molecule has 2 N–H and O–H groups in total. The molecule has 0 aromatic heterocycles. The topological polar surface area (TPSA) is 126 Å². The molecule has 3 unspecified atom stereocenters. The summed E-state index contributed by atoms with van der Waals surface area (Å²) < 4.78 is 45.8. The maximum atomic E-state index is 11.5. The highest BCUT2D eigenvalue weighted by Crippen LogP contribution is 2.44. The second-order valence-electron chi connectivity index (χ2n) is 5.05. The van der Waals surface area contributed by atoms with Crippen molar-refractivity contribution in [2.24, 2.45) is 11.3 Å². The van der Waals surface area contributed by atoms with Gasteiger partial charge in [-0.2, -0.15) is 0 Å². The Bertz CT molecular complexity index is 576. The minimum Gasteiger partial charge on any atom is -0.481 e. The molecule has 2 fully saturated rings. The van der Waals surface area contributed by atoms with Crippen LogP contribution in [0.4, 0.5) is 0 Å². The highest BCUT2D eigenvalue weighted by atomic mass is 32.2. The van der Waals surface area contributed by atoms with Gasteiger partial charge in [0.15, 0.2) is 19.7 Å². The van der Waals surface area contributed by atoms with E-state index < -0.39 is 60.3 Å². The van der Waals surface area contributed by atoms with Gasteiger partial charge < -0.3 is 10.2 Å². The number of aliphatic hydroxyl groups is 1. The molecule has 0 bridgehead atoms. The first-order chi connectivity index (χ1) is 8.08. The van der Waals surface area contributed by atoms with Gasteiger partial charge in [0.05, 0.1) is 34.5 Å². The normalized spacial score (nSPS) is 41.8. The van der Waals surface area contributed by atoms with E-state index in [4.69, 9.17) is 0 Å². The highest BCUT2D eigenvalue weighted by Gasteiger charge is 2.59. The Morgan fingerprint density at radius 3 is 2.06 bits per heavy atom. The summed E-state index contributed by atoms with van der Waals surface area (Å²) in [6.45, 7) is 0. The lowest BCUT2D eigenvalue weighted by atomic mass is 9.73. The monoisotopic (exact) mass is 298 g/mol. The molecule has 2 saturated heterocycles. The molecule has 3 atom stereocenters. The van der Waals surface area contributed by atoms with Crippen molar-refractivity contribution >= 4 is 25.6 Å². The van der Waals surface area contributed by atoms with Gasteiger partial charge >= 0.3 is 5.97 Å². The third-order valence-electron chi connectivity index (χ3n) is 3.80. The van der Waals surface area contributed by atoms with Crippen molar-refractivity contribution in [3.05, 3.63) is 0 Å². The minimum atomic E-state index is -3.50. The number of carboxylic acids is 1. The van der Waals surface area contributed by atoms with E-state index in [1.165, 1.54) is 0 Å². The lowest BCUT2D eigenvalue weighted by Crippen LogP contribution is -2.45. The van der Waals surface area contributed by atoms with E-state index in [1.54, 1.807) is 0 Å². The summed E-state index contributed by atoms with van der Waals surface area (Å²) in [5.74, 6) is -4.21. The molecule has 0 saturated carbocycles. The molecule has 0 aliphatic carbocycles. The van der Waals surface area contributed by atoms with Crippen LogP contribution in [0.3, 0.4) is 0 Å². The van der Waals surface area contributed by atoms with Gasteiger partial charge in [0.1, 0.15) is 0 Å². The van der Waals surface area contributed by atoms with Crippen LogP contribution in [-0.4, -0.2) is 62.1 Å². The molecule has 2 aliphatic rings. The van der Waals surface area contributed by atoms with Crippen LogP contribution in [0.15, 0.2) is 0 Å². The third kappa shape index (κ3) is 2.14. The fraction of sp³-hybridized carbons (Fsp3) is 0.889. The van der Waals surface area contributed by atoms with E-state index in [-0.39, 0.29) is 12.2 Å². The lowest BCUT2D eigenvalue weighted by molar-refractivity contribution is -0.152. The first-order valence-corrected chi connectivity index (χ1v) is 9.05. The zero-order valence-electron chi connectivity index (χ0n) is 9.44. The molecule has 2 aliphatic heterocycles. The minimum absolute atomic E-state index is 0.137. The molecule has 0 radical (unpaired) electrons. The Hall–Kier alpha value is -0.670. The standard InChI is InChI=1S/C9H14O7S2/c10-7-4-18(15,16)3-6(7)9(8(11)12)1-2-17(13,14)5-9/h6-7,10H,1-5H2,(H,11,12). The molecular weight excluding hydrogens is 284 g/mol. The van der Waals surface area contributed by atoms with Crippen LogP contribution in [0.1, 0.15) is 6.42 Å². The second-order valence-corrected chi connectivity index (χ2v) is 9.39. The number of hydrogen-bond acceptors (Lipinski definition) is 6. The molecule has 7 nitrogen and oxygen atoms in total. The van der Waals surface area contributed by atoms with Gasteiger partial charge in [-0.3, -0.25) is 4.79 Å². The summed E-state index contributed by atoms with van der Waals surface area (Å²) in [6, 6.07) is 0. The number of aliphatic carboxylic acids is 1. The maximum Gasteiger partial charge on any atom is 0.311 e. The number of aliphatic hydroxyl groups excluding tert-OH is 1. The van der Waals surface area contributed by atoms with Gasteiger partial charge in [-0.1, -0.05) is 0 Å². The van der Waals surface area contributed by atoms with Gasteiger partial charge in [-0.25, -0.2) is 16.8 Å². The molecular formula is C9H14O7S2. The Labute approximate surface area is 105 Å². The average Bonchev–Trinajstić information content (AvgIpc) is 2.64. The SMILES string of the molecule is O=C(O)C1(C2CS(=O)(=O)CC2O)CCS(=O)(=O)C1. The molecule has 9 heteroatoms. The maximum absolute atomic E-state index is 11.5. The predicted octanol–water partition coefficient (Wildman–Crippen LogP) is -1.72. The predicted molar refractivity (Wildman–Crippen MR) is 61.5 cm³/mol. The van der Waals surface area contributed by atoms with Crippen LogP contribution in [-0.2, 0) is 24.5 Å². The average molecular weight is 298 g/mol. The van der Waals surface area contributed by atoms with Crippen LogP contribution >= 0.6 is 0 Å². The zero-order valence-corrected chi connectivity index (χ0v) is 11.1. The second kappa shape index (κ2) is 3.91. The fourth-order valence-electron chi connectivity index (χ4n) is 2.85. The number of carbonyl (C=O) groups is 1. The Morgan fingerprint density at radius 2 is 1.72 bits per heavy atom. The number of rotatable bonds is 2. The van der Waals surface area contributed by atoms with E-state index in [1.807, 2.05) is 0 Å². The molecule has 2 rings (SSSR count). The zero-order chi connectivity index (χ0) is 13.8. The van der Waals surface area contributed by atoms with E-state index in [0.29, 0.717) is 0 Å². The molecule has 0 amide bonds. The fourth-order valence-corrected chi connectivity index (χ4v) is 6.91. The van der Waals surface area contributed by atoms with Gasteiger partial charge in [-0.05, 0) is 6.42 Å². The van der Waals surface area contributed by atoms with Crippen LogP contribution in [0.2, 0.25) is 0 Å². The first-order valence-electron chi connectivity index (χ1n) is 5.40. The third-order valence-corrected chi connectivity index (χ3v) is 7.29. The Balaban J connectivity index is 2.43. The molecule has 18 heavy (non-hydrogen) atoms. The van der Waals surface area contributed by atoms with E-state index in [9.17, 15) is 31.8 Å². The smallest absolute Gasteiger partial charge is 0.311 e. The van der Waals surface area contributed by atoms with Crippen molar-refractivity contribution in [3.63, 3.8) is 0 Å². The van der Waals surface area contributed by atoms with Crippen molar-refractivity contribution in [1.82, 2.24) is 0 Å². The lowest BCUT2D eigenvalue weighted by Gasteiger charge is -2.30. The summed E-state index contributed by atoms with van der Waals surface area (Å²) in [4.78, 5) is 11.4. The molecule has 0 aromatic carbocycles. The molecule has 0 spiro atoms. The van der Waals surface area contributed by atoms with Crippen molar-refractivity contribution in [1.29, 1.82) is 0 Å². The van der Waals surface area contributed by atoms with Gasteiger partial charge in [-0.15, -0.1) is 0 Å². The van der Waals surface area contributed by atoms with Gasteiger partial charge in [0, 0.05) is 5.92 Å². The van der Waals surface area contributed by atoms with Crippen molar-refractivity contribution in [3.8, 4) is 0 Å². The molecule has 104 valence electrons. The largest absolute Gasteiger partial charge is 0.481 e. The van der Waals surface area contributed by atoms with Crippen LogP contribution in [0.5, 0.6) is 0 Å². The molecule has 0 aromatic rings. The Kier molecular flexibility index (Phi) is 2.99. The van der Waals surface area contributed by atoms with Gasteiger partial charge in [0.2, 0.25) is 0 Å². The number of sulfone groups is 2. The first kappa shape index (κ1) is 13.8. The summed E-state index contributed by atoms with van der Waals surface area (Å²) >= 11 is 0. The van der Waals surface area contributed by atoms with Crippen molar-refractivity contribution < 1.29 is 31.8 Å². The summed E-state index contributed by atoms with van der Waals surface area (Å²) in [7, 11) is -6.98. The molecule has 2 heterocycles. The van der Waals surface area contributed by atoms with Crippen molar-refractivity contribution in [2.75, 3.05) is 23.0 Å². The number of hydrogen-bond donors (Lipinski definition) is 2. The summed E-state index contributed by atoms with van der Waals surface area (Å²) in [5.41, 5.74) is -1.66. The van der Waals surface area contributed by atoms with Crippen LogP contribution in [0.25, 0.3) is 0 Å². The Morgan fingerprint density at radius 1 is 1.11 bits per heavy atom. The van der Waals surface area contributed by atoms with E-state index >= 15 is 0 Å². The highest BCUT2D eigenvalue weighted by molar-refractivity contribution is 7.92. The van der Waals surface area contributed by atoms with E-state index in [0.717, 1.165) is 0 Å². The van der Waals surface area contributed by atoms with Crippen LogP contribution in [0, 0.1) is 11.3 Å². The van der Waals surface area contributed by atoms with E-state index in [2.05, 4.69) is 0 Å². The van der Waals surface area contributed by atoms with Crippen LogP contribution < -0.4 is 0 Å². The quantitative estimate of drug-likeness (QED) is 0.621. The summed E-state index contributed by atoms with van der Waals surface area (Å²) in [6.07, 6.45) is -1.44. The number of carboxylic acid groups (broad SMARTS) is 1.